The summed E-state index contributed by atoms with van der Waals surface area (Å²) in [6, 6.07) is 7.15. The zero-order valence-corrected chi connectivity index (χ0v) is 11.0. The number of anilines is 1. The normalized spacial score (nSPS) is 11.9. The summed E-state index contributed by atoms with van der Waals surface area (Å²) >= 11 is 3.34. The maximum atomic E-state index is 13.7. The molecule has 0 amide bonds. The van der Waals surface area contributed by atoms with Gasteiger partial charge >= 0.3 is 0 Å². The Morgan fingerprint density at radius 1 is 1.56 bits per heavy atom. The topological polar surface area (TPSA) is 27.0 Å². The second-order valence-electron chi connectivity index (χ2n) is 3.79. The monoisotopic (exact) mass is 284 g/mol. The molecule has 0 aromatic heterocycles. The number of para-hydroxylation sites is 1. The summed E-state index contributed by atoms with van der Waals surface area (Å²) in [5.74, 6) is -0.364. The van der Waals surface area contributed by atoms with E-state index in [1.54, 1.807) is 18.0 Å². The molecule has 0 spiro atoms. The molecule has 0 fully saturated rings. The van der Waals surface area contributed by atoms with Crippen molar-refractivity contribution >= 4 is 21.6 Å². The van der Waals surface area contributed by atoms with Gasteiger partial charge in [-0.2, -0.15) is 5.26 Å². The van der Waals surface area contributed by atoms with Crippen LogP contribution >= 0.6 is 15.9 Å². The van der Waals surface area contributed by atoms with E-state index in [9.17, 15) is 4.39 Å². The van der Waals surface area contributed by atoms with E-state index >= 15 is 0 Å². The molecule has 4 heteroatoms. The van der Waals surface area contributed by atoms with E-state index in [2.05, 4.69) is 22.0 Å². The van der Waals surface area contributed by atoms with Crippen LogP contribution < -0.4 is 4.90 Å². The molecule has 0 heterocycles. The van der Waals surface area contributed by atoms with Gasteiger partial charge in [-0.25, -0.2) is 4.39 Å². The summed E-state index contributed by atoms with van der Waals surface area (Å²) in [5, 5.41) is 9.35. The predicted octanol–water partition coefficient (Wildman–Crippen LogP) is 3.32. The van der Waals surface area contributed by atoms with Crippen LogP contribution in [0.1, 0.15) is 12.5 Å². The van der Waals surface area contributed by atoms with Gasteiger partial charge in [0.1, 0.15) is 5.82 Å². The van der Waals surface area contributed by atoms with Crippen LogP contribution in [0.2, 0.25) is 0 Å². The highest BCUT2D eigenvalue weighted by Gasteiger charge is 2.14. The van der Waals surface area contributed by atoms with Gasteiger partial charge in [0.2, 0.25) is 0 Å². The van der Waals surface area contributed by atoms with Crippen molar-refractivity contribution in [1.29, 1.82) is 5.26 Å². The lowest BCUT2D eigenvalue weighted by molar-refractivity contribution is 0.613. The van der Waals surface area contributed by atoms with Crippen LogP contribution in [0.3, 0.4) is 0 Å². The molecule has 86 valence electrons. The zero-order chi connectivity index (χ0) is 12.1. The lowest BCUT2D eigenvalue weighted by Gasteiger charge is -2.23. The summed E-state index contributed by atoms with van der Waals surface area (Å²) in [6.45, 7) is 2.35. The fourth-order valence-corrected chi connectivity index (χ4v) is 2.09. The highest BCUT2D eigenvalue weighted by atomic mass is 79.9. The Balaban J connectivity index is 2.98. The number of hydrogen-bond donors (Lipinski definition) is 0. The van der Waals surface area contributed by atoms with Crippen LogP contribution in [0.5, 0.6) is 0 Å². The first kappa shape index (κ1) is 13.0. The maximum Gasteiger partial charge on any atom is 0.146 e. The number of alkyl halides is 1. The fraction of sp³-hybridized carbons (Fsp3) is 0.417. The Kier molecular flexibility index (Phi) is 4.75. The van der Waals surface area contributed by atoms with Crippen molar-refractivity contribution in [3.8, 4) is 6.07 Å². The van der Waals surface area contributed by atoms with E-state index in [-0.39, 0.29) is 11.7 Å². The van der Waals surface area contributed by atoms with Gasteiger partial charge in [-0.05, 0) is 18.6 Å². The van der Waals surface area contributed by atoms with Crippen molar-refractivity contribution in [2.45, 2.75) is 12.3 Å². The molecular formula is C12H14BrFN2. The average molecular weight is 285 g/mol. The third kappa shape index (κ3) is 2.96. The first-order valence-corrected chi connectivity index (χ1v) is 6.16. The molecule has 0 saturated carbocycles. The van der Waals surface area contributed by atoms with E-state index in [1.807, 2.05) is 13.0 Å². The Morgan fingerprint density at radius 2 is 2.25 bits per heavy atom. The van der Waals surface area contributed by atoms with Crippen molar-refractivity contribution in [3.05, 3.63) is 29.6 Å². The summed E-state index contributed by atoms with van der Waals surface area (Å²) in [6.07, 6.45) is 0. The van der Waals surface area contributed by atoms with Gasteiger partial charge < -0.3 is 4.90 Å². The number of nitriles is 1. The molecule has 16 heavy (non-hydrogen) atoms. The van der Waals surface area contributed by atoms with Crippen LogP contribution in [-0.4, -0.2) is 13.6 Å². The van der Waals surface area contributed by atoms with E-state index < -0.39 is 0 Å². The van der Waals surface area contributed by atoms with Crippen LogP contribution in [0.4, 0.5) is 10.1 Å². The minimum Gasteiger partial charge on any atom is -0.371 e. The lowest BCUT2D eigenvalue weighted by Crippen LogP contribution is -2.25. The molecular weight excluding hydrogens is 271 g/mol. The Labute approximate surface area is 104 Å². The largest absolute Gasteiger partial charge is 0.371 e. The van der Waals surface area contributed by atoms with E-state index in [0.29, 0.717) is 17.6 Å². The smallest absolute Gasteiger partial charge is 0.146 e. The molecule has 2 nitrogen and oxygen atoms in total. The molecule has 0 bridgehead atoms. The van der Waals surface area contributed by atoms with E-state index in [0.717, 1.165) is 5.56 Å². The molecule has 0 aliphatic heterocycles. The summed E-state index contributed by atoms with van der Waals surface area (Å²) in [4.78, 5) is 1.79. The third-order valence-electron chi connectivity index (χ3n) is 2.36. The lowest BCUT2D eigenvalue weighted by atomic mass is 10.1. The van der Waals surface area contributed by atoms with E-state index in [4.69, 9.17) is 5.26 Å². The Bertz CT molecular complexity index is 400. The number of halogens is 2. The molecule has 1 atom stereocenters. The quantitative estimate of drug-likeness (QED) is 0.793. The molecule has 1 aromatic carbocycles. The number of nitrogens with zero attached hydrogens (tertiary/aromatic N) is 2. The molecule has 0 N–H and O–H groups in total. The molecule has 0 aliphatic carbocycles. The minimum absolute atomic E-state index is 0.118. The first-order valence-electron chi connectivity index (χ1n) is 5.04. The highest BCUT2D eigenvalue weighted by Crippen LogP contribution is 2.25. The Hall–Kier alpha value is -1.08. The maximum absolute atomic E-state index is 13.7. The molecule has 0 aliphatic rings. The van der Waals surface area contributed by atoms with Crippen molar-refractivity contribution in [3.63, 3.8) is 0 Å². The molecule has 1 unspecified atom stereocenters. The standard InChI is InChI=1S/C12H14BrFN2/c1-9(7-15)8-16(2)12-10(6-13)4-3-5-11(12)14/h3-5,9H,6,8H2,1-2H3. The van der Waals surface area contributed by atoms with Gasteiger partial charge in [-0.15, -0.1) is 0 Å². The van der Waals surface area contributed by atoms with Crippen molar-refractivity contribution in [2.24, 2.45) is 5.92 Å². The van der Waals surface area contributed by atoms with Crippen LogP contribution in [0.15, 0.2) is 18.2 Å². The highest BCUT2D eigenvalue weighted by molar-refractivity contribution is 9.08. The molecule has 0 saturated heterocycles. The second-order valence-corrected chi connectivity index (χ2v) is 4.35. The first-order chi connectivity index (χ1) is 7.60. The van der Waals surface area contributed by atoms with Gasteiger partial charge in [-0.1, -0.05) is 28.1 Å². The van der Waals surface area contributed by atoms with Gasteiger partial charge in [0, 0.05) is 18.9 Å². The number of rotatable bonds is 4. The predicted molar refractivity (Wildman–Crippen MR) is 67.1 cm³/mol. The van der Waals surface area contributed by atoms with Gasteiger partial charge in [0.15, 0.2) is 0 Å². The SMILES string of the molecule is CC(C#N)CN(C)c1c(F)cccc1CBr. The van der Waals surface area contributed by atoms with Gasteiger partial charge in [0.05, 0.1) is 17.7 Å². The van der Waals surface area contributed by atoms with Crippen molar-refractivity contribution in [2.75, 3.05) is 18.5 Å². The fourth-order valence-electron chi connectivity index (χ4n) is 1.64. The minimum atomic E-state index is -0.246. The van der Waals surface area contributed by atoms with Crippen LogP contribution in [0, 0.1) is 23.1 Å². The summed E-state index contributed by atoms with van der Waals surface area (Å²) < 4.78 is 13.7. The molecule has 1 aromatic rings. The Morgan fingerprint density at radius 3 is 2.81 bits per heavy atom. The van der Waals surface area contributed by atoms with Crippen molar-refractivity contribution in [1.82, 2.24) is 0 Å². The second kappa shape index (κ2) is 5.86. The van der Waals surface area contributed by atoms with Crippen LogP contribution in [0.25, 0.3) is 0 Å². The van der Waals surface area contributed by atoms with Gasteiger partial charge in [-0.3, -0.25) is 0 Å². The number of benzene rings is 1. The molecule has 0 radical (unpaired) electrons. The van der Waals surface area contributed by atoms with E-state index in [1.165, 1.54) is 6.07 Å². The third-order valence-corrected chi connectivity index (χ3v) is 2.97. The van der Waals surface area contributed by atoms with Crippen molar-refractivity contribution < 1.29 is 4.39 Å². The average Bonchev–Trinajstić information content (AvgIpc) is 2.28. The van der Waals surface area contributed by atoms with Gasteiger partial charge in [0.25, 0.3) is 0 Å². The summed E-state index contributed by atoms with van der Waals surface area (Å²) in [5.41, 5.74) is 1.47. The number of hydrogen-bond acceptors (Lipinski definition) is 2. The zero-order valence-electron chi connectivity index (χ0n) is 9.37. The van der Waals surface area contributed by atoms with Crippen LogP contribution in [-0.2, 0) is 5.33 Å². The molecule has 1 rings (SSSR count). The summed E-state index contributed by atoms with van der Waals surface area (Å²) in [7, 11) is 1.80.